The van der Waals surface area contributed by atoms with Crippen molar-refractivity contribution in [3.63, 3.8) is 0 Å². The van der Waals surface area contributed by atoms with Crippen molar-refractivity contribution in [2.75, 3.05) is 0 Å². The Kier molecular flexibility index (Phi) is 5.08. The molecule has 0 aliphatic carbocycles. The maximum absolute atomic E-state index is 6.44. The molecule has 1 aliphatic rings. The molecule has 0 spiro atoms. The van der Waals surface area contributed by atoms with Crippen LogP contribution in [-0.2, 0) is 0 Å². The van der Waals surface area contributed by atoms with Crippen LogP contribution in [0, 0.1) is 0 Å². The number of hydrogen-bond donors (Lipinski definition) is 0. The lowest BCUT2D eigenvalue weighted by Gasteiger charge is -2.23. The van der Waals surface area contributed by atoms with Gasteiger partial charge >= 0.3 is 0 Å². The summed E-state index contributed by atoms with van der Waals surface area (Å²) in [5.74, 6) is 1.87. The van der Waals surface area contributed by atoms with Crippen molar-refractivity contribution >= 4 is 57.4 Å². The number of fused-ring (bicyclic) bond motifs is 8. The average molecular weight is 514 g/mol. The highest BCUT2D eigenvalue weighted by Crippen LogP contribution is 2.50. The van der Waals surface area contributed by atoms with Gasteiger partial charge < -0.3 is 4.74 Å². The highest BCUT2D eigenvalue weighted by molar-refractivity contribution is 7.99. The highest BCUT2D eigenvalue weighted by Gasteiger charge is 2.21. The van der Waals surface area contributed by atoms with Crippen LogP contribution in [0.5, 0.6) is 11.5 Å². The molecule has 7 aromatic carbocycles. The average Bonchev–Trinajstić information content (AvgIpc) is 3.00. The van der Waals surface area contributed by atoms with Gasteiger partial charge in [-0.25, -0.2) is 0 Å². The molecule has 7 aromatic rings. The zero-order valence-corrected chi connectivity index (χ0v) is 22.3. The number of benzene rings is 7. The van der Waals surface area contributed by atoms with E-state index in [0.717, 1.165) is 26.9 Å². The van der Waals surface area contributed by atoms with E-state index in [9.17, 15) is 0 Å². The highest BCUT2D eigenvalue weighted by atomic mass is 32.2. The summed E-state index contributed by atoms with van der Waals surface area (Å²) in [6, 6.07) is 45.9. The molecule has 0 unspecified atom stereocenters. The van der Waals surface area contributed by atoms with Gasteiger partial charge in [0.2, 0.25) is 0 Å². The third kappa shape index (κ3) is 3.58. The molecule has 3 heteroatoms. The predicted octanol–water partition coefficient (Wildman–Crippen LogP) is 9.00. The molecular formula is C36H23BOS. The summed E-state index contributed by atoms with van der Waals surface area (Å²) in [7, 11) is 2.20. The van der Waals surface area contributed by atoms with E-state index < -0.39 is 0 Å². The summed E-state index contributed by atoms with van der Waals surface area (Å²) < 4.78 is 6.44. The molecule has 1 heterocycles. The van der Waals surface area contributed by atoms with E-state index in [1.165, 1.54) is 54.5 Å². The Hall–Kier alpha value is -4.47. The van der Waals surface area contributed by atoms with Crippen LogP contribution >= 0.6 is 11.8 Å². The van der Waals surface area contributed by atoms with Gasteiger partial charge in [-0.15, -0.1) is 0 Å². The summed E-state index contributed by atoms with van der Waals surface area (Å²) in [6.07, 6.45) is 0. The molecule has 0 N–H and O–H groups in total. The third-order valence-electron chi connectivity index (χ3n) is 7.85. The minimum Gasteiger partial charge on any atom is -0.454 e. The van der Waals surface area contributed by atoms with Crippen molar-refractivity contribution in [3.05, 3.63) is 127 Å². The molecular weight excluding hydrogens is 491 g/mol. The zero-order valence-electron chi connectivity index (χ0n) is 21.4. The van der Waals surface area contributed by atoms with Crippen LogP contribution in [0.2, 0.25) is 0 Å². The molecule has 8 rings (SSSR count). The third-order valence-corrected chi connectivity index (χ3v) is 8.95. The summed E-state index contributed by atoms with van der Waals surface area (Å²) in [5.41, 5.74) is 6.02. The molecule has 0 aromatic heterocycles. The fourth-order valence-corrected chi connectivity index (χ4v) is 6.98. The number of rotatable bonds is 2. The van der Waals surface area contributed by atoms with E-state index in [1.54, 1.807) is 11.8 Å². The van der Waals surface area contributed by atoms with Gasteiger partial charge in [-0.3, -0.25) is 0 Å². The smallest absolute Gasteiger partial charge is 0.149 e. The lowest BCUT2D eigenvalue weighted by molar-refractivity contribution is 0.456. The van der Waals surface area contributed by atoms with Gasteiger partial charge in [-0.1, -0.05) is 120 Å². The minimum atomic E-state index is 0.924. The normalized spacial score (nSPS) is 12.3. The van der Waals surface area contributed by atoms with E-state index in [4.69, 9.17) is 4.74 Å². The van der Waals surface area contributed by atoms with Gasteiger partial charge in [-0.05, 0) is 73.3 Å². The Morgan fingerprint density at radius 3 is 1.79 bits per heavy atom. The maximum Gasteiger partial charge on any atom is 0.149 e. The number of ether oxygens (including phenoxy) is 1. The Bertz CT molecular complexity index is 2060. The molecule has 0 bridgehead atoms. The second kappa shape index (κ2) is 8.79. The lowest BCUT2D eigenvalue weighted by atomic mass is 9.84. The maximum atomic E-state index is 6.44. The summed E-state index contributed by atoms with van der Waals surface area (Å²) in [5, 5.41) is 7.81. The molecule has 0 fully saturated rings. The van der Waals surface area contributed by atoms with Gasteiger partial charge in [0.1, 0.15) is 19.3 Å². The van der Waals surface area contributed by atoms with Crippen LogP contribution in [0.4, 0.5) is 0 Å². The standard InChI is InChI=1S/C36H23BOS/c37-32-21-23(17-19-29(32)30-12-7-15-35-36(30)38-33-13-5-6-14-34(33)39-35)22-16-18-28-26-10-2-1-8-24(26)25-9-3-4-11-27(25)31(28)20-22/h1-21H,37H2. The van der Waals surface area contributed by atoms with Crippen LogP contribution in [0.15, 0.2) is 137 Å². The minimum absolute atomic E-state index is 0.924. The van der Waals surface area contributed by atoms with E-state index >= 15 is 0 Å². The van der Waals surface area contributed by atoms with Gasteiger partial charge in [0.25, 0.3) is 0 Å². The molecule has 0 radical (unpaired) electrons. The fraction of sp³-hybridized carbons (Fsp3) is 0. The lowest BCUT2D eigenvalue weighted by Crippen LogP contribution is -2.08. The first kappa shape index (κ1) is 22.5. The first-order chi connectivity index (χ1) is 19.2. The Morgan fingerprint density at radius 1 is 0.462 bits per heavy atom. The molecule has 182 valence electrons. The fourth-order valence-electron chi connectivity index (χ4n) is 5.99. The largest absolute Gasteiger partial charge is 0.454 e. The second-order valence-corrected chi connectivity index (χ2v) is 11.2. The molecule has 1 nitrogen and oxygen atoms in total. The molecule has 1 aliphatic heterocycles. The quantitative estimate of drug-likeness (QED) is 0.168. The van der Waals surface area contributed by atoms with E-state index in [2.05, 4.69) is 123 Å². The number of hydrogen-bond acceptors (Lipinski definition) is 2. The Morgan fingerprint density at radius 2 is 1.05 bits per heavy atom. The SMILES string of the molecule is Bc1cc(-c2ccc3c4ccccc4c4ccccc4c3c2)ccc1-c1cccc2c1Oc1ccccc1S2. The van der Waals surface area contributed by atoms with Crippen LogP contribution in [0.3, 0.4) is 0 Å². The Labute approximate surface area is 232 Å². The van der Waals surface area contributed by atoms with E-state index in [-0.39, 0.29) is 0 Å². The first-order valence-corrected chi connectivity index (χ1v) is 14.1. The van der Waals surface area contributed by atoms with Crippen molar-refractivity contribution in [1.82, 2.24) is 0 Å². The van der Waals surface area contributed by atoms with Crippen molar-refractivity contribution < 1.29 is 4.74 Å². The van der Waals surface area contributed by atoms with E-state index in [1.807, 2.05) is 12.1 Å². The topological polar surface area (TPSA) is 9.23 Å². The van der Waals surface area contributed by atoms with E-state index in [0.29, 0.717) is 0 Å². The van der Waals surface area contributed by atoms with Crippen LogP contribution in [0.1, 0.15) is 0 Å². The van der Waals surface area contributed by atoms with Gasteiger partial charge in [0, 0.05) is 5.56 Å². The molecule has 39 heavy (non-hydrogen) atoms. The van der Waals surface area contributed by atoms with Crippen molar-refractivity contribution in [2.45, 2.75) is 9.79 Å². The Balaban J connectivity index is 1.25. The van der Waals surface area contributed by atoms with Crippen molar-refractivity contribution in [2.24, 2.45) is 0 Å². The second-order valence-electron chi connectivity index (χ2n) is 10.2. The van der Waals surface area contributed by atoms with Crippen molar-refractivity contribution in [1.29, 1.82) is 0 Å². The predicted molar refractivity (Wildman–Crippen MR) is 169 cm³/mol. The van der Waals surface area contributed by atoms with Crippen molar-refractivity contribution in [3.8, 4) is 33.8 Å². The van der Waals surface area contributed by atoms with Gasteiger partial charge in [0.05, 0.1) is 9.79 Å². The van der Waals surface area contributed by atoms with Gasteiger partial charge in [-0.2, -0.15) is 0 Å². The van der Waals surface area contributed by atoms with Crippen LogP contribution in [0.25, 0.3) is 54.6 Å². The summed E-state index contributed by atoms with van der Waals surface area (Å²) in [6.45, 7) is 0. The summed E-state index contributed by atoms with van der Waals surface area (Å²) in [4.78, 5) is 2.31. The monoisotopic (exact) mass is 514 g/mol. The zero-order chi connectivity index (χ0) is 25.9. The first-order valence-electron chi connectivity index (χ1n) is 13.3. The van der Waals surface area contributed by atoms with Crippen LogP contribution in [-0.4, -0.2) is 7.85 Å². The van der Waals surface area contributed by atoms with Gasteiger partial charge in [0.15, 0.2) is 0 Å². The number of para-hydroxylation sites is 2. The molecule has 0 atom stereocenters. The molecule has 0 amide bonds. The molecule has 0 saturated heterocycles. The van der Waals surface area contributed by atoms with Crippen LogP contribution < -0.4 is 10.2 Å². The molecule has 0 saturated carbocycles. The summed E-state index contributed by atoms with van der Waals surface area (Å²) >= 11 is 1.77.